The molecule has 2 atom stereocenters. The summed E-state index contributed by atoms with van der Waals surface area (Å²) in [5, 5.41) is 10.5. The summed E-state index contributed by atoms with van der Waals surface area (Å²) in [4.78, 5) is 11.2. The summed E-state index contributed by atoms with van der Waals surface area (Å²) >= 11 is 11.3. The first kappa shape index (κ1) is 12.5. The molecule has 15 heavy (non-hydrogen) atoms. The van der Waals surface area contributed by atoms with Crippen LogP contribution in [0.4, 0.5) is 0 Å². The number of alkyl halides is 1. The van der Waals surface area contributed by atoms with E-state index in [0.29, 0.717) is 10.6 Å². The fourth-order valence-corrected chi connectivity index (χ4v) is 1.82. The van der Waals surface area contributed by atoms with Crippen LogP contribution in [0.15, 0.2) is 24.3 Å². The molecule has 1 aromatic rings. The maximum absolute atomic E-state index is 11.2. The van der Waals surface area contributed by atoms with Crippen molar-refractivity contribution in [2.75, 3.05) is 5.88 Å². The first-order valence-corrected chi connectivity index (χ1v) is 5.47. The Balaban J connectivity index is 2.87. The van der Waals surface area contributed by atoms with Crippen molar-refractivity contribution in [3.8, 4) is 0 Å². The van der Waals surface area contributed by atoms with Gasteiger partial charge in [0.2, 0.25) is 0 Å². The molecular weight excluding hydrogens is 235 g/mol. The number of carbonyl (C=O) groups is 1. The lowest BCUT2D eigenvalue weighted by Crippen LogP contribution is -2.21. The van der Waals surface area contributed by atoms with Crippen molar-refractivity contribution < 1.29 is 9.90 Å². The van der Waals surface area contributed by atoms with Gasteiger partial charge in [0.15, 0.2) is 0 Å². The quantitative estimate of drug-likeness (QED) is 0.830. The van der Waals surface area contributed by atoms with E-state index >= 15 is 0 Å². The van der Waals surface area contributed by atoms with Gasteiger partial charge in [-0.05, 0) is 24.6 Å². The molecule has 0 bridgehead atoms. The van der Waals surface area contributed by atoms with E-state index in [4.69, 9.17) is 23.2 Å². The molecule has 1 rings (SSSR count). The highest BCUT2D eigenvalue weighted by Crippen LogP contribution is 2.25. The summed E-state index contributed by atoms with van der Waals surface area (Å²) in [6.45, 7) is 1.42. The van der Waals surface area contributed by atoms with E-state index in [2.05, 4.69) is 0 Å². The molecular formula is C11H12Cl2O2. The van der Waals surface area contributed by atoms with Crippen LogP contribution in [-0.4, -0.2) is 16.8 Å². The highest BCUT2D eigenvalue weighted by Gasteiger charge is 2.23. The van der Waals surface area contributed by atoms with Gasteiger partial charge in [-0.15, -0.1) is 11.6 Å². The topological polar surface area (TPSA) is 37.3 Å². The largest absolute Gasteiger partial charge is 0.388 e. The second kappa shape index (κ2) is 5.50. The maximum Gasteiger partial charge on any atom is 0.137 e. The molecule has 1 N–H and O–H groups in total. The third kappa shape index (κ3) is 3.20. The van der Waals surface area contributed by atoms with Crippen LogP contribution >= 0.6 is 23.2 Å². The number of carbonyl (C=O) groups excluding carboxylic acids is 1. The molecule has 1 aromatic carbocycles. The summed E-state index contributed by atoms with van der Waals surface area (Å²) < 4.78 is 0. The zero-order chi connectivity index (χ0) is 11.4. The summed E-state index contributed by atoms with van der Waals surface area (Å²) in [5.74, 6) is -0.570. The van der Waals surface area contributed by atoms with Gasteiger partial charge >= 0.3 is 0 Å². The van der Waals surface area contributed by atoms with E-state index in [1.165, 1.54) is 6.92 Å². The number of Topliss-reactive ketones (excluding diaryl/α,β-unsaturated/α-hetero) is 1. The highest BCUT2D eigenvalue weighted by atomic mass is 35.5. The molecule has 0 aliphatic carbocycles. The van der Waals surface area contributed by atoms with Crippen LogP contribution in [0.2, 0.25) is 5.02 Å². The van der Waals surface area contributed by atoms with Crippen LogP contribution in [0.3, 0.4) is 0 Å². The number of halogens is 2. The Morgan fingerprint density at radius 3 is 2.33 bits per heavy atom. The summed E-state index contributed by atoms with van der Waals surface area (Å²) in [6.07, 6.45) is -0.864. The fraction of sp³-hybridized carbons (Fsp3) is 0.364. The molecule has 0 saturated heterocycles. The van der Waals surface area contributed by atoms with E-state index in [0.717, 1.165) is 0 Å². The lowest BCUT2D eigenvalue weighted by Gasteiger charge is -2.18. The monoisotopic (exact) mass is 246 g/mol. The lowest BCUT2D eigenvalue weighted by atomic mass is 9.94. The van der Waals surface area contributed by atoms with Crippen molar-refractivity contribution in [2.45, 2.75) is 13.0 Å². The Labute approximate surface area is 98.8 Å². The highest BCUT2D eigenvalue weighted by molar-refractivity contribution is 6.30. The smallest absolute Gasteiger partial charge is 0.137 e. The van der Waals surface area contributed by atoms with Crippen LogP contribution < -0.4 is 0 Å². The molecule has 2 nitrogen and oxygen atoms in total. The number of rotatable bonds is 4. The van der Waals surface area contributed by atoms with Crippen LogP contribution in [0.25, 0.3) is 0 Å². The van der Waals surface area contributed by atoms with Gasteiger partial charge in [-0.25, -0.2) is 0 Å². The molecule has 0 aliphatic heterocycles. The van der Waals surface area contributed by atoms with Gasteiger partial charge in [-0.1, -0.05) is 23.7 Å². The Kier molecular flexibility index (Phi) is 4.58. The minimum atomic E-state index is -0.864. The predicted molar refractivity (Wildman–Crippen MR) is 61.3 cm³/mol. The minimum Gasteiger partial charge on any atom is -0.388 e. The predicted octanol–water partition coefficient (Wildman–Crippen LogP) is 2.82. The number of ketones is 1. The first-order valence-electron chi connectivity index (χ1n) is 4.56. The van der Waals surface area contributed by atoms with Crippen LogP contribution in [0.5, 0.6) is 0 Å². The van der Waals surface area contributed by atoms with Gasteiger partial charge in [0.05, 0.1) is 12.0 Å². The van der Waals surface area contributed by atoms with Crippen molar-refractivity contribution in [3.63, 3.8) is 0 Å². The Morgan fingerprint density at radius 1 is 1.40 bits per heavy atom. The van der Waals surface area contributed by atoms with Crippen molar-refractivity contribution in [1.29, 1.82) is 0 Å². The van der Waals surface area contributed by atoms with Crippen LogP contribution in [0, 0.1) is 5.92 Å². The first-order chi connectivity index (χ1) is 7.06. The van der Waals surface area contributed by atoms with E-state index in [-0.39, 0.29) is 11.7 Å². The number of benzene rings is 1. The second-order valence-electron chi connectivity index (χ2n) is 3.37. The Hall–Kier alpha value is -0.570. The molecule has 0 saturated carbocycles. The van der Waals surface area contributed by atoms with Crippen molar-refractivity contribution in [2.24, 2.45) is 5.92 Å². The third-order valence-electron chi connectivity index (χ3n) is 2.28. The van der Waals surface area contributed by atoms with E-state index < -0.39 is 12.0 Å². The van der Waals surface area contributed by atoms with Gasteiger partial charge < -0.3 is 5.11 Å². The molecule has 0 aromatic heterocycles. The molecule has 0 fully saturated rings. The van der Waals surface area contributed by atoms with Gasteiger partial charge in [0, 0.05) is 10.9 Å². The average Bonchev–Trinajstić information content (AvgIpc) is 2.19. The lowest BCUT2D eigenvalue weighted by molar-refractivity contribution is -0.123. The zero-order valence-electron chi connectivity index (χ0n) is 8.28. The molecule has 0 unspecified atom stereocenters. The average molecular weight is 247 g/mol. The van der Waals surface area contributed by atoms with Crippen molar-refractivity contribution >= 4 is 29.0 Å². The second-order valence-corrected chi connectivity index (χ2v) is 4.11. The van der Waals surface area contributed by atoms with Gasteiger partial charge in [-0.2, -0.15) is 0 Å². The van der Waals surface area contributed by atoms with Gasteiger partial charge in [-0.3, -0.25) is 4.79 Å². The van der Waals surface area contributed by atoms with Gasteiger partial charge in [0.25, 0.3) is 0 Å². The number of hydrogen-bond donors (Lipinski definition) is 1. The van der Waals surface area contributed by atoms with Crippen molar-refractivity contribution in [1.82, 2.24) is 0 Å². The zero-order valence-corrected chi connectivity index (χ0v) is 9.79. The molecule has 0 aliphatic rings. The molecule has 0 radical (unpaired) electrons. The van der Waals surface area contributed by atoms with E-state index in [9.17, 15) is 9.90 Å². The molecule has 82 valence electrons. The SMILES string of the molecule is CC(=O)[C@H](CCl)[C@@H](O)c1ccc(Cl)cc1. The summed E-state index contributed by atoms with van der Waals surface area (Å²) in [6, 6.07) is 6.72. The molecule has 0 spiro atoms. The maximum atomic E-state index is 11.2. The van der Waals surface area contributed by atoms with E-state index in [1.54, 1.807) is 24.3 Å². The fourth-order valence-electron chi connectivity index (χ4n) is 1.31. The Morgan fingerprint density at radius 2 is 1.93 bits per heavy atom. The number of aliphatic hydroxyl groups is 1. The minimum absolute atomic E-state index is 0.110. The summed E-state index contributed by atoms with van der Waals surface area (Å²) in [7, 11) is 0. The third-order valence-corrected chi connectivity index (χ3v) is 2.87. The molecule has 4 heteroatoms. The molecule has 0 amide bonds. The Bertz CT molecular complexity index is 335. The molecule has 0 heterocycles. The van der Waals surface area contributed by atoms with Crippen molar-refractivity contribution in [3.05, 3.63) is 34.9 Å². The standard InChI is InChI=1S/C11H12Cl2O2/c1-7(14)10(6-12)11(15)8-2-4-9(13)5-3-8/h2-5,10-11,15H,6H2,1H3/t10-,11-/m0/s1. The van der Waals surface area contributed by atoms with E-state index in [1.807, 2.05) is 0 Å². The normalized spacial score (nSPS) is 14.7. The number of aliphatic hydroxyl groups excluding tert-OH is 1. The summed E-state index contributed by atoms with van der Waals surface area (Å²) in [5.41, 5.74) is 0.653. The van der Waals surface area contributed by atoms with Crippen LogP contribution in [0.1, 0.15) is 18.6 Å². The number of hydrogen-bond acceptors (Lipinski definition) is 2. The van der Waals surface area contributed by atoms with Crippen LogP contribution in [-0.2, 0) is 4.79 Å². The van der Waals surface area contributed by atoms with Gasteiger partial charge in [0.1, 0.15) is 5.78 Å².